The molecule has 1 aliphatic rings. The van der Waals surface area contributed by atoms with Crippen molar-refractivity contribution in [3.8, 4) is 45.8 Å². The van der Waals surface area contributed by atoms with E-state index < -0.39 is 0 Å². The fourth-order valence-electron chi connectivity index (χ4n) is 7.54. The quantitative estimate of drug-likeness (QED) is 0.199. The minimum Gasteiger partial charge on any atom is -0.313 e. The fourth-order valence-corrected chi connectivity index (χ4v) is 7.54. The van der Waals surface area contributed by atoms with E-state index in [9.17, 15) is 10.5 Å². The number of hydrogen-bond donors (Lipinski definition) is 0. The zero-order valence-electron chi connectivity index (χ0n) is 26.1. The second kappa shape index (κ2) is 11.0. The van der Waals surface area contributed by atoms with Gasteiger partial charge in [0.25, 0.3) is 0 Å². The van der Waals surface area contributed by atoms with Gasteiger partial charge in [0, 0.05) is 44.2 Å². The van der Waals surface area contributed by atoms with Crippen molar-refractivity contribution in [2.45, 2.75) is 12.8 Å². The molecule has 0 aliphatic heterocycles. The molecule has 0 radical (unpaired) electrons. The Bertz CT molecular complexity index is 2650. The molecule has 1 aliphatic carbocycles. The van der Waals surface area contributed by atoms with Crippen LogP contribution in [0.4, 0.5) is 0 Å². The maximum Gasteiger partial charge on any atom is 0.0992 e. The summed E-state index contributed by atoms with van der Waals surface area (Å²) in [5, 5.41) is 23.4. The van der Waals surface area contributed by atoms with Crippen LogP contribution in [-0.4, -0.2) is 9.13 Å². The molecule has 4 nitrogen and oxygen atoms in total. The second-order valence-corrected chi connectivity index (χ2v) is 12.3. The van der Waals surface area contributed by atoms with Crippen molar-refractivity contribution in [3.63, 3.8) is 0 Å². The number of rotatable bonds is 4. The number of hydrogen-bond acceptors (Lipinski definition) is 2. The molecule has 0 N–H and O–H groups in total. The van der Waals surface area contributed by atoms with Gasteiger partial charge in [0.2, 0.25) is 0 Å². The first kappa shape index (κ1) is 27.7. The van der Waals surface area contributed by atoms with E-state index in [0.717, 1.165) is 79.5 Å². The van der Waals surface area contributed by atoms with Crippen LogP contribution >= 0.6 is 0 Å². The van der Waals surface area contributed by atoms with Crippen molar-refractivity contribution in [2.24, 2.45) is 0 Å². The lowest BCUT2D eigenvalue weighted by molar-refractivity contribution is 0.871. The highest BCUT2D eigenvalue weighted by Gasteiger charge is 2.21. The number of allylic oxidation sites excluding steroid dienone is 1. The monoisotopic (exact) mass is 612 g/mol. The Kier molecular flexibility index (Phi) is 6.35. The Morgan fingerprint density at radius 1 is 0.500 bits per heavy atom. The molecule has 48 heavy (non-hydrogen) atoms. The number of para-hydroxylation sites is 4. The van der Waals surface area contributed by atoms with Crippen molar-refractivity contribution < 1.29 is 0 Å². The number of aromatic nitrogens is 2. The van der Waals surface area contributed by atoms with Crippen LogP contribution in [0.25, 0.3) is 72.4 Å². The first-order chi connectivity index (χ1) is 23.7. The van der Waals surface area contributed by atoms with Crippen LogP contribution in [-0.2, 0) is 6.42 Å². The highest BCUT2D eigenvalue weighted by atomic mass is 15.0. The maximum absolute atomic E-state index is 10.2. The summed E-state index contributed by atoms with van der Waals surface area (Å²) in [4.78, 5) is 0. The molecule has 6 aromatic carbocycles. The van der Waals surface area contributed by atoms with Crippen LogP contribution in [0.1, 0.15) is 23.2 Å². The zero-order valence-corrected chi connectivity index (χ0v) is 26.1. The smallest absolute Gasteiger partial charge is 0.0992 e. The third-order valence-corrected chi connectivity index (χ3v) is 9.65. The van der Waals surface area contributed by atoms with Gasteiger partial charge in [-0.3, -0.25) is 0 Å². The van der Waals surface area contributed by atoms with Gasteiger partial charge in [-0.05, 0) is 90.2 Å². The van der Waals surface area contributed by atoms with E-state index in [2.05, 4.69) is 155 Å². The minimum atomic E-state index is 0.614. The fraction of sp³-hybridized carbons (Fsp3) is 0.0455. The van der Waals surface area contributed by atoms with Gasteiger partial charge in [-0.25, -0.2) is 0 Å². The number of benzene rings is 6. The molecule has 224 valence electrons. The van der Waals surface area contributed by atoms with Gasteiger partial charge in [-0.2, -0.15) is 10.5 Å². The molecule has 2 aromatic heterocycles. The molecule has 0 saturated heterocycles. The van der Waals surface area contributed by atoms with E-state index in [1.165, 1.54) is 16.5 Å². The van der Waals surface area contributed by atoms with E-state index in [-0.39, 0.29) is 0 Å². The van der Waals surface area contributed by atoms with Crippen LogP contribution in [0, 0.1) is 22.7 Å². The number of nitriles is 2. The second-order valence-electron chi connectivity index (χ2n) is 12.3. The van der Waals surface area contributed by atoms with E-state index >= 15 is 0 Å². The van der Waals surface area contributed by atoms with Crippen LogP contribution in [0.5, 0.6) is 0 Å². The van der Waals surface area contributed by atoms with Gasteiger partial charge in [-0.1, -0.05) is 84.9 Å². The molecule has 0 bridgehead atoms. The van der Waals surface area contributed by atoms with Crippen LogP contribution in [0.15, 0.2) is 145 Å². The third-order valence-electron chi connectivity index (χ3n) is 9.65. The molecule has 4 heteroatoms. The van der Waals surface area contributed by atoms with Gasteiger partial charge >= 0.3 is 0 Å². The van der Waals surface area contributed by atoms with Crippen molar-refractivity contribution >= 4 is 38.8 Å². The van der Waals surface area contributed by atoms with Gasteiger partial charge in [0.15, 0.2) is 0 Å². The van der Waals surface area contributed by atoms with Crippen LogP contribution < -0.4 is 0 Å². The summed E-state index contributed by atoms with van der Waals surface area (Å²) < 4.78 is 4.68. The first-order valence-corrected chi connectivity index (χ1v) is 16.2. The van der Waals surface area contributed by atoms with Crippen LogP contribution in [0.3, 0.4) is 0 Å². The summed E-state index contributed by atoms with van der Waals surface area (Å²) in [6.07, 6.45) is 3.60. The topological polar surface area (TPSA) is 57.4 Å². The summed E-state index contributed by atoms with van der Waals surface area (Å²) in [7, 11) is 0. The molecule has 9 rings (SSSR count). The highest BCUT2D eigenvalue weighted by molar-refractivity contribution is 6.09. The highest BCUT2D eigenvalue weighted by Crippen LogP contribution is 2.39. The Morgan fingerprint density at radius 3 is 1.88 bits per heavy atom. The van der Waals surface area contributed by atoms with E-state index in [4.69, 9.17) is 0 Å². The first-order valence-electron chi connectivity index (χ1n) is 16.2. The number of nitrogens with zero attached hydrogens (tertiary/aromatic N) is 4. The average Bonchev–Trinajstić information content (AvgIpc) is 3.67. The SMILES string of the molecule is N#CC1=Cc2c(n(-c3cccc(-c4cc(C#N)cc(-c5ccccc5-n5c6ccccc6c6ccccc65)c4)c3)c3ccccc23)CC1. The summed E-state index contributed by atoms with van der Waals surface area (Å²) in [5.74, 6) is 0. The lowest BCUT2D eigenvalue weighted by Gasteiger charge is -2.17. The largest absolute Gasteiger partial charge is 0.313 e. The standard InChI is InChI=1S/C44H28N4/c45-27-29-20-21-44-39(24-29)38-15-4-6-17-41(38)47(44)34-11-9-10-31(26-34)32-22-30(28-46)23-33(25-32)35-12-1-5-16-40(35)48-42-18-7-2-13-36(42)37-14-3-8-19-43(37)48/h1-19,22-26H,20-21H2. The minimum absolute atomic E-state index is 0.614. The molecule has 8 aromatic rings. The van der Waals surface area contributed by atoms with Crippen molar-refractivity contribution in [1.29, 1.82) is 10.5 Å². The predicted molar refractivity (Wildman–Crippen MR) is 195 cm³/mol. The Hall–Kier alpha value is -6.62. The van der Waals surface area contributed by atoms with E-state index in [0.29, 0.717) is 5.56 Å². The molecule has 0 fully saturated rings. The van der Waals surface area contributed by atoms with Crippen molar-refractivity contribution in [2.75, 3.05) is 0 Å². The van der Waals surface area contributed by atoms with Crippen molar-refractivity contribution in [3.05, 3.63) is 162 Å². The molecule has 0 spiro atoms. The van der Waals surface area contributed by atoms with Gasteiger partial charge in [-0.15, -0.1) is 0 Å². The summed E-state index contributed by atoms with van der Waals surface area (Å²) in [6.45, 7) is 0. The molecule has 0 unspecified atom stereocenters. The van der Waals surface area contributed by atoms with Gasteiger partial charge < -0.3 is 9.13 Å². The van der Waals surface area contributed by atoms with Gasteiger partial charge in [0.05, 0.1) is 39.9 Å². The molecular weight excluding hydrogens is 585 g/mol. The Morgan fingerprint density at radius 2 is 1.15 bits per heavy atom. The lowest BCUT2D eigenvalue weighted by Crippen LogP contribution is -2.05. The maximum atomic E-state index is 10.2. The molecular formula is C44H28N4. The molecule has 0 atom stereocenters. The predicted octanol–water partition coefficient (Wildman–Crippen LogP) is 10.8. The van der Waals surface area contributed by atoms with Crippen LogP contribution in [0.2, 0.25) is 0 Å². The van der Waals surface area contributed by atoms with E-state index in [1.54, 1.807) is 0 Å². The molecule has 2 heterocycles. The molecule has 0 saturated carbocycles. The normalized spacial score (nSPS) is 12.5. The number of fused-ring (bicyclic) bond motifs is 6. The zero-order chi connectivity index (χ0) is 32.2. The molecule has 0 amide bonds. The van der Waals surface area contributed by atoms with Crippen molar-refractivity contribution in [1.82, 2.24) is 9.13 Å². The third kappa shape index (κ3) is 4.28. The summed E-state index contributed by atoms with van der Waals surface area (Å²) in [6, 6.07) is 53.5. The lowest BCUT2D eigenvalue weighted by atomic mass is 9.95. The van der Waals surface area contributed by atoms with E-state index in [1.807, 2.05) is 12.1 Å². The summed E-state index contributed by atoms with van der Waals surface area (Å²) >= 11 is 0. The van der Waals surface area contributed by atoms with Gasteiger partial charge in [0.1, 0.15) is 0 Å². The Balaban J connectivity index is 1.22. The summed E-state index contributed by atoms with van der Waals surface area (Å²) in [5.41, 5.74) is 13.4. The Labute approximate surface area is 278 Å². The average molecular weight is 613 g/mol.